The van der Waals surface area contributed by atoms with Crippen LogP contribution in [0.3, 0.4) is 0 Å². The summed E-state index contributed by atoms with van der Waals surface area (Å²) in [6, 6.07) is 5.54. The molecule has 1 aromatic carbocycles. The van der Waals surface area contributed by atoms with Crippen LogP contribution in [-0.2, 0) is 0 Å². The third kappa shape index (κ3) is 1.44. The SMILES string of the molecule is CCSc1c(C=O)ccc2occc12. The van der Waals surface area contributed by atoms with Crippen molar-refractivity contribution in [2.75, 3.05) is 5.75 Å². The standard InChI is InChI=1S/C11H10O2S/c1-2-14-11-8(7-12)3-4-10-9(11)5-6-13-10/h3-7H,2H2,1H3. The van der Waals surface area contributed by atoms with E-state index >= 15 is 0 Å². The van der Waals surface area contributed by atoms with Crippen LogP contribution in [0.2, 0.25) is 0 Å². The third-order valence-corrected chi connectivity index (χ3v) is 3.06. The van der Waals surface area contributed by atoms with Gasteiger partial charge in [-0.3, -0.25) is 4.79 Å². The Morgan fingerprint density at radius 1 is 1.43 bits per heavy atom. The van der Waals surface area contributed by atoms with E-state index < -0.39 is 0 Å². The van der Waals surface area contributed by atoms with Crippen LogP contribution < -0.4 is 0 Å². The summed E-state index contributed by atoms with van der Waals surface area (Å²) in [6.45, 7) is 2.07. The van der Waals surface area contributed by atoms with Crippen molar-refractivity contribution in [2.45, 2.75) is 11.8 Å². The summed E-state index contributed by atoms with van der Waals surface area (Å²) in [5.41, 5.74) is 1.58. The van der Waals surface area contributed by atoms with Crippen LogP contribution in [0.15, 0.2) is 33.8 Å². The van der Waals surface area contributed by atoms with Crippen LogP contribution >= 0.6 is 11.8 Å². The van der Waals surface area contributed by atoms with Crippen molar-refractivity contribution in [3.8, 4) is 0 Å². The molecule has 0 atom stereocenters. The molecular formula is C11H10O2S. The number of carbonyl (C=O) groups excluding carboxylic acids is 1. The van der Waals surface area contributed by atoms with E-state index in [0.717, 1.165) is 33.5 Å². The van der Waals surface area contributed by atoms with E-state index in [1.165, 1.54) is 0 Å². The Hall–Kier alpha value is -1.22. The molecule has 0 fully saturated rings. The first-order chi connectivity index (χ1) is 6.86. The second kappa shape index (κ2) is 3.88. The molecule has 2 aromatic rings. The lowest BCUT2D eigenvalue weighted by Crippen LogP contribution is -1.85. The van der Waals surface area contributed by atoms with E-state index in [9.17, 15) is 4.79 Å². The highest BCUT2D eigenvalue weighted by Gasteiger charge is 2.08. The topological polar surface area (TPSA) is 30.2 Å². The van der Waals surface area contributed by atoms with Crippen molar-refractivity contribution < 1.29 is 9.21 Å². The van der Waals surface area contributed by atoms with Crippen molar-refractivity contribution in [3.05, 3.63) is 30.0 Å². The average molecular weight is 206 g/mol. The van der Waals surface area contributed by atoms with Crippen LogP contribution in [0, 0.1) is 0 Å². The molecule has 3 heteroatoms. The number of fused-ring (bicyclic) bond motifs is 1. The second-order valence-corrected chi connectivity index (χ2v) is 4.14. The molecule has 1 heterocycles. The summed E-state index contributed by atoms with van der Waals surface area (Å²) >= 11 is 1.67. The van der Waals surface area contributed by atoms with Gasteiger partial charge in [-0.15, -0.1) is 11.8 Å². The van der Waals surface area contributed by atoms with Crippen LogP contribution in [-0.4, -0.2) is 12.0 Å². The summed E-state index contributed by atoms with van der Waals surface area (Å²) in [6.07, 6.45) is 2.55. The third-order valence-electron chi connectivity index (χ3n) is 2.03. The maximum absolute atomic E-state index is 10.8. The van der Waals surface area contributed by atoms with Crippen molar-refractivity contribution >= 4 is 29.0 Å². The lowest BCUT2D eigenvalue weighted by Gasteiger charge is -2.03. The minimum atomic E-state index is 0.741. The molecule has 1 aromatic heterocycles. The van der Waals surface area contributed by atoms with E-state index in [1.54, 1.807) is 24.1 Å². The van der Waals surface area contributed by atoms with Gasteiger partial charge in [-0.1, -0.05) is 6.92 Å². The Balaban J connectivity index is 2.68. The minimum Gasteiger partial charge on any atom is -0.464 e. The molecule has 72 valence electrons. The van der Waals surface area contributed by atoms with E-state index in [-0.39, 0.29) is 0 Å². The van der Waals surface area contributed by atoms with Crippen molar-refractivity contribution in [3.63, 3.8) is 0 Å². The fourth-order valence-corrected chi connectivity index (χ4v) is 2.33. The summed E-state index contributed by atoms with van der Waals surface area (Å²) < 4.78 is 5.28. The quantitative estimate of drug-likeness (QED) is 0.569. The van der Waals surface area contributed by atoms with Gasteiger partial charge < -0.3 is 4.42 Å². The van der Waals surface area contributed by atoms with Gasteiger partial charge in [0.2, 0.25) is 0 Å². The summed E-state index contributed by atoms with van der Waals surface area (Å²) in [5.74, 6) is 0.950. The number of aldehydes is 1. The summed E-state index contributed by atoms with van der Waals surface area (Å²) in [5, 5.41) is 1.03. The highest BCUT2D eigenvalue weighted by atomic mass is 32.2. The molecule has 0 unspecified atom stereocenters. The van der Waals surface area contributed by atoms with E-state index in [0.29, 0.717) is 0 Å². The van der Waals surface area contributed by atoms with Gasteiger partial charge in [0.1, 0.15) is 5.58 Å². The second-order valence-electron chi connectivity index (χ2n) is 2.87. The smallest absolute Gasteiger partial charge is 0.151 e. The van der Waals surface area contributed by atoms with Crippen molar-refractivity contribution in [2.24, 2.45) is 0 Å². The largest absolute Gasteiger partial charge is 0.464 e. The van der Waals surface area contributed by atoms with Gasteiger partial charge in [-0.2, -0.15) is 0 Å². The Kier molecular flexibility index (Phi) is 2.59. The lowest BCUT2D eigenvalue weighted by molar-refractivity contribution is 0.112. The number of carbonyl (C=O) groups is 1. The van der Waals surface area contributed by atoms with E-state index in [4.69, 9.17) is 4.42 Å². The molecule has 0 saturated carbocycles. The zero-order valence-electron chi connectivity index (χ0n) is 7.82. The number of benzene rings is 1. The molecule has 0 N–H and O–H groups in total. The maximum atomic E-state index is 10.8. The highest BCUT2D eigenvalue weighted by molar-refractivity contribution is 7.99. The molecule has 0 bridgehead atoms. The lowest BCUT2D eigenvalue weighted by atomic mass is 10.2. The first-order valence-corrected chi connectivity index (χ1v) is 5.43. The number of furan rings is 1. The molecule has 2 nitrogen and oxygen atoms in total. The number of thioether (sulfide) groups is 1. The zero-order chi connectivity index (χ0) is 9.97. The summed E-state index contributed by atoms with van der Waals surface area (Å²) in [7, 11) is 0. The molecule has 0 amide bonds. The molecule has 0 aliphatic carbocycles. The predicted octanol–water partition coefficient (Wildman–Crippen LogP) is 3.36. The average Bonchev–Trinajstić information content (AvgIpc) is 2.67. The van der Waals surface area contributed by atoms with Crippen molar-refractivity contribution in [1.82, 2.24) is 0 Å². The molecule has 0 spiro atoms. The van der Waals surface area contributed by atoms with Gasteiger partial charge in [0, 0.05) is 15.8 Å². The van der Waals surface area contributed by atoms with E-state index in [1.807, 2.05) is 12.1 Å². The maximum Gasteiger partial charge on any atom is 0.151 e. The molecule has 0 aliphatic rings. The fraction of sp³-hybridized carbons (Fsp3) is 0.182. The molecule has 0 aliphatic heterocycles. The van der Waals surface area contributed by atoms with Gasteiger partial charge in [-0.05, 0) is 24.0 Å². The van der Waals surface area contributed by atoms with Crippen LogP contribution in [0.4, 0.5) is 0 Å². The number of hydrogen-bond donors (Lipinski definition) is 0. The first kappa shape index (κ1) is 9.34. The van der Waals surface area contributed by atoms with Gasteiger partial charge in [0.05, 0.1) is 6.26 Å². The number of rotatable bonds is 3. The molecular weight excluding hydrogens is 196 g/mol. The molecule has 0 saturated heterocycles. The van der Waals surface area contributed by atoms with Crippen LogP contribution in [0.25, 0.3) is 11.0 Å². The first-order valence-electron chi connectivity index (χ1n) is 4.45. The Labute approximate surface area is 86.3 Å². The number of hydrogen-bond acceptors (Lipinski definition) is 3. The Morgan fingerprint density at radius 2 is 2.29 bits per heavy atom. The van der Waals surface area contributed by atoms with Gasteiger partial charge in [0.25, 0.3) is 0 Å². The Bertz CT molecular complexity index is 459. The normalized spacial score (nSPS) is 10.6. The van der Waals surface area contributed by atoms with Crippen LogP contribution in [0.1, 0.15) is 17.3 Å². The zero-order valence-corrected chi connectivity index (χ0v) is 8.64. The molecule has 2 rings (SSSR count). The van der Waals surface area contributed by atoms with Gasteiger partial charge >= 0.3 is 0 Å². The Morgan fingerprint density at radius 3 is 3.00 bits per heavy atom. The fourth-order valence-electron chi connectivity index (χ4n) is 1.43. The monoisotopic (exact) mass is 206 g/mol. The molecule has 14 heavy (non-hydrogen) atoms. The van der Waals surface area contributed by atoms with E-state index in [2.05, 4.69) is 6.92 Å². The minimum absolute atomic E-state index is 0.741. The van der Waals surface area contributed by atoms with Gasteiger partial charge in [-0.25, -0.2) is 0 Å². The predicted molar refractivity (Wildman–Crippen MR) is 58.0 cm³/mol. The van der Waals surface area contributed by atoms with Crippen molar-refractivity contribution in [1.29, 1.82) is 0 Å². The highest BCUT2D eigenvalue weighted by Crippen LogP contribution is 2.31. The molecule has 0 radical (unpaired) electrons. The van der Waals surface area contributed by atoms with Gasteiger partial charge in [0.15, 0.2) is 6.29 Å². The summed E-state index contributed by atoms with van der Waals surface area (Å²) in [4.78, 5) is 11.8. The van der Waals surface area contributed by atoms with Crippen LogP contribution in [0.5, 0.6) is 0 Å².